The van der Waals surface area contributed by atoms with Gasteiger partial charge in [-0.2, -0.15) is 5.10 Å². The zero-order valence-electron chi connectivity index (χ0n) is 16.2. The molecule has 6 nitrogen and oxygen atoms in total. The summed E-state index contributed by atoms with van der Waals surface area (Å²) in [6, 6.07) is 17.7. The number of benzene rings is 2. The molecule has 1 heterocycles. The minimum absolute atomic E-state index is 0.284. The summed E-state index contributed by atoms with van der Waals surface area (Å²) in [5, 5.41) is 6.90. The highest BCUT2D eigenvalue weighted by molar-refractivity contribution is 7.92. The fraction of sp³-hybridized carbons (Fsp3) is 0.273. The van der Waals surface area contributed by atoms with Crippen molar-refractivity contribution in [3.05, 3.63) is 72.1 Å². The number of hydrogen-bond acceptors (Lipinski definition) is 4. The second-order valence-electron chi connectivity index (χ2n) is 7.35. The number of nitrogens with one attached hydrogen (secondary N) is 1. The van der Waals surface area contributed by atoms with E-state index in [-0.39, 0.29) is 11.2 Å². The first-order valence-electron chi connectivity index (χ1n) is 9.72. The van der Waals surface area contributed by atoms with Crippen molar-refractivity contribution in [3.63, 3.8) is 0 Å². The Labute approximate surface area is 170 Å². The lowest BCUT2D eigenvalue weighted by atomic mass is 10.3. The Bertz CT molecular complexity index is 1110. The maximum absolute atomic E-state index is 12.7. The number of carbonyl (C=O) groups excluding carboxylic acids is 1. The summed E-state index contributed by atoms with van der Waals surface area (Å²) in [4.78, 5) is 12.9. The van der Waals surface area contributed by atoms with Crippen molar-refractivity contribution < 1.29 is 13.2 Å². The summed E-state index contributed by atoms with van der Waals surface area (Å²) in [6.07, 6.45) is 3.38. The number of rotatable bonds is 5. The molecule has 4 rings (SSSR count). The number of carbonyl (C=O) groups is 1. The molecule has 1 saturated carbocycles. The van der Waals surface area contributed by atoms with Gasteiger partial charge in [0, 0.05) is 11.4 Å². The Morgan fingerprint density at radius 1 is 1.03 bits per heavy atom. The van der Waals surface area contributed by atoms with Gasteiger partial charge in [0.25, 0.3) is 5.91 Å². The van der Waals surface area contributed by atoms with Crippen molar-refractivity contribution in [2.45, 2.75) is 42.8 Å². The van der Waals surface area contributed by atoms with Crippen LogP contribution in [-0.4, -0.2) is 29.4 Å². The molecule has 3 aromatic rings. The van der Waals surface area contributed by atoms with Crippen LogP contribution in [-0.2, 0) is 9.84 Å². The number of para-hydroxylation sites is 1. The lowest BCUT2D eigenvalue weighted by molar-refractivity contribution is 0.102. The van der Waals surface area contributed by atoms with Crippen LogP contribution in [0.1, 0.15) is 41.9 Å². The van der Waals surface area contributed by atoms with Crippen molar-refractivity contribution in [2.75, 3.05) is 5.32 Å². The lowest BCUT2D eigenvalue weighted by Crippen LogP contribution is -2.18. The molecule has 1 amide bonds. The SMILES string of the molecule is Cc1cc(C(=O)Nc2ccc(S(=O)(=O)C3CCCC3)cc2)nn1-c1ccccc1. The number of amides is 1. The largest absolute Gasteiger partial charge is 0.321 e. The third kappa shape index (κ3) is 3.96. The van der Waals surface area contributed by atoms with Gasteiger partial charge in [0.1, 0.15) is 0 Å². The van der Waals surface area contributed by atoms with E-state index in [2.05, 4.69) is 10.4 Å². The fourth-order valence-electron chi connectivity index (χ4n) is 3.73. The van der Waals surface area contributed by atoms with Crippen LogP contribution in [0.4, 0.5) is 5.69 Å². The fourth-order valence-corrected chi connectivity index (χ4v) is 5.58. The van der Waals surface area contributed by atoms with E-state index in [1.165, 1.54) is 0 Å². The highest BCUT2D eigenvalue weighted by Crippen LogP contribution is 2.30. The van der Waals surface area contributed by atoms with Gasteiger partial charge in [-0.05, 0) is 62.2 Å². The molecule has 0 spiro atoms. The topological polar surface area (TPSA) is 81.1 Å². The summed E-state index contributed by atoms with van der Waals surface area (Å²) in [5.74, 6) is -0.339. The molecule has 150 valence electrons. The van der Waals surface area contributed by atoms with E-state index in [9.17, 15) is 13.2 Å². The molecule has 1 N–H and O–H groups in total. The minimum atomic E-state index is -3.30. The molecule has 0 aliphatic heterocycles. The van der Waals surface area contributed by atoms with Gasteiger partial charge >= 0.3 is 0 Å². The molecule has 1 aromatic heterocycles. The summed E-state index contributed by atoms with van der Waals surface area (Å²) in [7, 11) is -3.30. The van der Waals surface area contributed by atoms with Crippen LogP contribution in [0.5, 0.6) is 0 Å². The van der Waals surface area contributed by atoms with E-state index in [0.717, 1.165) is 37.1 Å². The molecule has 1 aliphatic carbocycles. The first kappa shape index (κ1) is 19.4. The molecule has 0 unspecified atom stereocenters. The molecular formula is C22H23N3O3S. The Morgan fingerprint density at radius 2 is 1.69 bits per heavy atom. The number of aryl methyl sites for hydroxylation is 1. The van der Waals surface area contributed by atoms with Crippen molar-refractivity contribution in [1.29, 1.82) is 0 Å². The standard InChI is InChI=1S/C22H23N3O3S/c1-16-15-21(24-25(16)18-7-3-2-4-8-18)22(26)23-17-11-13-20(14-12-17)29(27,28)19-9-5-6-10-19/h2-4,7-8,11-15,19H,5-6,9-10H2,1H3,(H,23,26). The van der Waals surface area contributed by atoms with Gasteiger partial charge in [-0.15, -0.1) is 0 Å². The Kier molecular flexibility index (Phi) is 5.24. The number of aromatic nitrogens is 2. The predicted molar refractivity (Wildman–Crippen MR) is 112 cm³/mol. The van der Waals surface area contributed by atoms with Gasteiger partial charge in [-0.3, -0.25) is 4.79 Å². The molecule has 1 fully saturated rings. The summed E-state index contributed by atoms with van der Waals surface area (Å²) < 4.78 is 27.0. The number of nitrogens with zero attached hydrogens (tertiary/aromatic N) is 2. The third-order valence-electron chi connectivity index (χ3n) is 5.30. The Hall–Kier alpha value is -2.93. The predicted octanol–water partition coefficient (Wildman–Crippen LogP) is 4.15. The van der Waals surface area contributed by atoms with E-state index in [4.69, 9.17) is 0 Å². The van der Waals surface area contributed by atoms with Crippen LogP contribution in [0, 0.1) is 6.92 Å². The number of anilines is 1. The molecule has 0 atom stereocenters. The van der Waals surface area contributed by atoms with E-state index in [0.29, 0.717) is 16.3 Å². The van der Waals surface area contributed by atoms with Crippen molar-refractivity contribution in [2.24, 2.45) is 0 Å². The quantitative estimate of drug-likeness (QED) is 0.686. The maximum atomic E-state index is 12.7. The molecule has 1 aliphatic rings. The van der Waals surface area contributed by atoms with Gasteiger partial charge in [0.05, 0.1) is 15.8 Å². The first-order chi connectivity index (χ1) is 13.9. The highest BCUT2D eigenvalue weighted by atomic mass is 32.2. The Morgan fingerprint density at radius 3 is 2.34 bits per heavy atom. The van der Waals surface area contributed by atoms with Gasteiger partial charge in [-0.1, -0.05) is 31.0 Å². The van der Waals surface area contributed by atoms with Gasteiger partial charge < -0.3 is 5.32 Å². The van der Waals surface area contributed by atoms with Crippen molar-refractivity contribution in [1.82, 2.24) is 9.78 Å². The first-order valence-corrected chi connectivity index (χ1v) is 11.3. The van der Waals surface area contributed by atoms with E-state index in [1.807, 2.05) is 37.3 Å². The maximum Gasteiger partial charge on any atom is 0.276 e. The van der Waals surface area contributed by atoms with Crippen molar-refractivity contribution >= 4 is 21.4 Å². The molecular weight excluding hydrogens is 386 g/mol. The molecule has 2 aromatic carbocycles. The minimum Gasteiger partial charge on any atom is -0.321 e. The summed E-state index contributed by atoms with van der Waals surface area (Å²) >= 11 is 0. The average Bonchev–Trinajstić information content (AvgIpc) is 3.39. The van der Waals surface area contributed by atoms with E-state index < -0.39 is 9.84 Å². The molecule has 0 saturated heterocycles. The van der Waals surface area contributed by atoms with Gasteiger partial charge in [0.15, 0.2) is 15.5 Å². The average molecular weight is 410 g/mol. The van der Waals surface area contributed by atoms with E-state index in [1.54, 1.807) is 35.0 Å². The molecule has 0 radical (unpaired) electrons. The van der Waals surface area contributed by atoms with Crippen LogP contribution in [0.2, 0.25) is 0 Å². The summed E-state index contributed by atoms with van der Waals surface area (Å²) in [6.45, 7) is 1.89. The van der Waals surface area contributed by atoms with E-state index >= 15 is 0 Å². The third-order valence-corrected chi connectivity index (χ3v) is 7.58. The van der Waals surface area contributed by atoms with Crippen LogP contribution in [0.25, 0.3) is 5.69 Å². The highest BCUT2D eigenvalue weighted by Gasteiger charge is 2.30. The monoisotopic (exact) mass is 409 g/mol. The van der Waals surface area contributed by atoms with Crippen molar-refractivity contribution in [3.8, 4) is 5.69 Å². The van der Waals surface area contributed by atoms with Crippen LogP contribution >= 0.6 is 0 Å². The normalized spacial score (nSPS) is 14.8. The van der Waals surface area contributed by atoms with Crippen LogP contribution in [0.3, 0.4) is 0 Å². The smallest absolute Gasteiger partial charge is 0.276 e. The Balaban J connectivity index is 1.49. The van der Waals surface area contributed by atoms with Crippen LogP contribution in [0.15, 0.2) is 65.6 Å². The summed E-state index contributed by atoms with van der Waals surface area (Å²) in [5.41, 5.74) is 2.56. The van der Waals surface area contributed by atoms with Gasteiger partial charge in [-0.25, -0.2) is 13.1 Å². The lowest BCUT2D eigenvalue weighted by Gasteiger charge is -2.11. The van der Waals surface area contributed by atoms with Crippen LogP contribution < -0.4 is 5.32 Å². The number of sulfone groups is 1. The molecule has 29 heavy (non-hydrogen) atoms. The molecule has 7 heteroatoms. The molecule has 0 bridgehead atoms. The zero-order chi connectivity index (χ0) is 20.4. The number of hydrogen-bond donors (Lipinski definition) is 1. The van der Waals surface area contributed by atoms with Gasteiger partial charge in [0.2, 0.25) is 0 Å². The zero-order valence-corrected chi connectivity index (χ0v) is 17.0. The second-order valence-corrected chi connectivity index (χ2v) is 9.58. The second kappa shape index (κ2) is 7.83.